The van der Waals surface area contributed by atoms with Gasteiger partial charge in [0.15, 0.2) is 0 Å². The van der Waals surface area contributed by atoms with Crippen molar-refractivity contribution < 1.29 is 17.9 Å². The molecule has 1 N–H and O–H groups in total. The van der Waals surface area contributed by atoms with Gasteiger partial charge < -0.3 is 10.1 Å². The normalized spacial score (nSPS) is 19.8. The summed E-state index contributed by atoms with van der Waals surface area (Å²) in [4.78, 5) is 13.4. The fourth-order valence-electron chi connectivity index (χ4n) is 4.11. The van der Waals surface area contributed by atoms with E-state index in [2.05, 4.69) is 5.32 Å². The Balaban J connectivity index is 1.76. The lowest BCUT2D eigenvalue weighted by Crippen LogP contribution is -2.51. The Bertz CT molecular complexity index is 1080. The Kier molecular flexibility index (Phi) is 6.76. The summed E-state index contributed by atoms with van der Waals surface area (Å²) < 4.78 is 33.5. The van der Waals surface area contributed by atoms with Crippen LogP contribution in [0, 0.1) is 26.2 Å². The summed E-state index contributed by atoms with van der Waals surface area (Å²) in [6.07, 6.45) is 1.29. The molecular weight excluding hydrogens is 412 g/mol. The quantitative estimate of drug-likeness (QED) is 0.737. The molecular formula is C24H32N2O4S. The van der Waals surface area contributed by atoms with Crippen LogP contribution in [-0.2, 0) is 21.4 Å². The van der Waals surface area contributed by atoms with Crippen molar-refractivity contribution in [2.45, 2.75) is 52.0 Å². The van der Waals surface area contributed by atoms with Crippen LogP contribution in [0.5, 0.6) is 5.75 Å². The van der Waals surface area contributed by atoms with Gasteiger partial charge in [-0.3, -0.25) is 4.79 Å². The average molecular weight is 445 g/mol. The van der Waals surface area contributed by atoms with Gasteiger partial charge in [0, 0.05) is 19.6 Å². The Morgan fingerprint density at radius 2 is 1.84 bits per heavy atom. The van der Waals surface area contributed by atoms with Gasteiger partial charge in [0.05, 0.1) is 17.4 Å². The van der Waals surface area contributed by atoms with Crippen molar-refractivity contribution in [1.82, 2.24) is 9.62 Å². The number of hydrogen-bond acceptors (Lipinski definition) is 4. The van der Waals surface area contributed by atoms with Gasteiger partial charge in [-0.1, -0.05) is 18.2 Å². The molecule has 2 aromatic rings. The minimum Gasteiger partial charge on any atom is -0.497 e. The van der Waals surface area contributed by atoms with E-state index in [0.29, 0.717) is 30.8 Å². The van der Waals surface area contributed by atoms with E-state index in [4.69, 9.17) is 4.74 Å². The zero-order valence-corrected chi connectivity index (χ0v) is 19.8. The van der Waals surface area contributed by atoms with Gasteiger partial charge in [0.25, 0.3) is 0 Å². The summed E-state index contributed by atoms with van der Waals surface area (Å²) >= 11 is 0. The van der Waals surface area contributed by atoms with E-state index >= 15 is 0 Å². The molecule has 0 aliphatic carbocycles. The third kappa shape index (κ3) is 4.93. The maximum atomic E-state index is 13.4. The van der Waals surface area contributed by atoms with Crippen LogP contribution < -0.4 is 10.1 Å². The molecule has 1 aliphatic heterocycles. The van der Waals surface area contributed by atoms with E-state index in [-0.39, 0.29) is 12.5 Å². The van der Waals surface area contributed by atoms with Gasteiger partial charge in [-0.15, -0.1) is 0 Å². The molecule has 0 radical (unpaired) electrons. The number of carbonyl (C=O) groups is 1. The standard InChI is InChI=1S/C24H32N2O4S/c1-17-12-19(3)22(13-18(17)2)31(28,29)26-11-7-10-24(4,16-26)23(27)25-15-20-8-6-9-21(14-20)30-5/h6,8-9,12-14H,7,10-11,15-16H2,1-5H3,(H,25,27)/t24-/m1/s1. The molecule has 0 bridgehead atoms. The van der Waals surface area contributed by atoms with E-state index in [9.17, 15) is 13.2 Å². The van der Waals surface area contributed by atoms with E-state index in [0.717, 1.165) is 28.0 Å². The van der Waals surface area contributed by atoms with Gasteiger partial charge in [-0.2, -0.15) is 4.31 Å². The highest BCUT2D eigenvalue weighted by molar-refractivity contribution is 7.89. The highest BCUT2D eigenvalue weighted by atomic mass is 32.2. The van der Waals surface area contributed by atoms with Crippen LogP contribution in [0.15, 0.2) is 41.3 Å². The molecule has 2 aromatic carbocycles. The van der Waals surface area contributed by atoms with Crippen molar-refractivity contribution in [3.8, 4) is 5.75 Å². The second kappa shape index (κ2) is 9.01. The van der Waals surface area contributed by atoms with Gasteiger partial charge in [0.1, 0.15) is 5.75 Å². The molecule has 0 unspecified atom stereocenters. The zero-order chi connectivity index (χ0) is 22.8. The molecule has 7 heteroatoms. The molecule has 31 heavy (non-hydrogen) atoms. The van der Waals surface area contributed by atoms with Crippen LogP contribution >= 0.6 is 0 Å². The number of rotatable bonds is 6. The van der Waals surface area contributed by atoms with Gasteiger partial charge in [-0.05, 0) is 81.0 Å². The van der Waals surface area contributed by atoms with E-state index in [1.165, 1.54) is 4.31 Å². The first-order valence-electron chi connectivity index (χ1n) is 10.6. The van der Waals surface area contributed by atoms with Crippen LogP contribution in [0.3, 0.4) is 0 Å². The molecule has 168 valence electrons. The molecule has 0 spiro atoms. The minimum absolute atomic E-state index is 0.132. The molecule has 6 nitrogen and oxygen atoms in total. The van der Waals surface area contributed by atoms with Crippen molar-refractivity contribution in [3.05, 3.63) is 58.7 Å². The monoisotopic (exact) mass is 444 g/mol. The second-order valence-corrected chi connectivity index (χ2v) is 10.6. The predicted octanol–water partition coefficient (Wildman–Crippen LogP) is 3.73. The van der Waals surface area contributed by atoms with Crippen molar-refractivity contribution in [3.63, 3.8) is 0 Å². The fraction of sp³-hybridized carbons (Fsp3) is 0.458. The molecule has 0 aromatic heterocycles. The van der Waals surface area contributed by atoms with Crippen LogP contribution in [0.1, 0.15) is 42.0 Å². The van der Waals surface area contributed by atoms with Crippen molar-refractivity contribution >= 4 is 15.9 Å². The van der Waals surface area contributed by atoms with Gasteiger partial charge >= 0.3 is 0 Å². The van der Waals surface area contributed by atoms with Gasteiger partial charge in [0.2, 0.25) is 15.9 Å². The van der Waals surface area contributed by atoms with E-state index < -0.39 is 15.4 Å². The number of carbonyl (C=O) groups excluding carboxylic acids is 1. The first-order valence-corrected chi connectivity index (χ1v) is 12.0. The number of sulfonamides is 1. The number of amides is 1. The zero-order valence-electron chi connectivity index (χ0n) is 19.0. The number of ether oxygens (including phenoxy) is 1. The lowest BCUT2D eigenvalue weighted by Gasteiger charge is -2.38. The van der Waals surface area contributed by atoms with Crippen LogP contribution in [-0.4, -0.2) is 38.8 Å². The summed E-state index contributed by atoms with van der Waals surface area (Å²) in [7, 11) is -2.07. The van der Waals surface area contributed by atoms with Crippen LogP contribution in [0.4, 0.5) is 0 Å². The number of benzene rings is 2. The number of nitrogens with one attached hydrogen (secondary N) is 1. The van der Waals surface area contributed by atoms with Crippen LogP contribution in [0.25, 0.3) is 0 Å². The maximum absolute atomic E-state index is 13.4. The van der Waals surface area contributed by atoms with E-state index in [1.54, 1.807) is 13.2 Å². The first-order chi connectivity index (χ1) is 14.6. The smallest absolute Gasteiger partial charge is 0.243 e. The molecule has 1 amide bonds. The topological polar surface area (TPSA) is 75.7 Å². The number of piperidine rings is 1. The fourth-order valence-corrected chi connectivity index (χ4v) is 6.01. The largest absolute Gasteiger partial charge is 0.497 e. The molecule has 1 fully saturated rings. The van der Waals surface area contributed by atoms with Crippen LogP contribution in [0.2, 0.25) is 0 Å². The number of aryl methyl sites for hydroxylation is 3. The maximum Gasteiger partial charge on any atom is 0.243 e. The summed E-state index contributed by atoms with van der Waals surface area (Å²) in [5.41, 5.74) is 2.90. The van der Waals surface area contributed by atoms with Crippen molar-refractivity contribution in [2.24, 2.45) is 5.41 Å². The summed E-state index contributed by atoms with van der Waals surface area (Å²) in [6, 6.07) is 11.2. The highest BCUT2D eigenvalue weighted by Crippen LogP contribution is 2.34. The average Bonchev–Trinajstić information content (AvgIpc) is 2.74. The summed E-state index contributed by atoms with van der Waals surface area (Å²) in [5.74, 6) is 0.601. The molecule has 1 heterocycles. The lowest BCUT2D eigenvalue weighted by molar-refractivity contribution is -0.132. The highest BCUT2D eigenvalue weighted by Gasteiger charge is 2.42. The molecule has 0 saturated carbocycles. The predicted molar refractivity (Wildman–Crippen MR) is 122 cm³/mol. The third-order valence-corrected chi connectivity index (χ3v) is 8.19. The minimum atomic E-state index is -3.68. The Morgan fingerprint density at radius 3 is 2.55 bits per heavy atom. The van der Waals surface area contributed by atoms with Crippen molar-refractivity contribution in [2.75, 3.05) is 20.2 Å². The first kappa shape index (κ1) is 23.3. The Labute approximate surface area is 185 Å². The third-order valence-electron chi connectivity index (χ3n) is 6.21. The number of nitrogens with zero attached hydrogens (tertiary/aromatic N) is 1. The molecule has 1 saturated heterocycles. The summed E-state index contributed by atoms with van der Waals surface area (Å²) in [5, 5.41) is 2.98. The summed E-state index contributed by atoms with van der Waals surface area (Å²) in [6.45, 7) is 8.53. The number of methoxy groups -OCH3 is 1. The molecule has 1 atom stereocenters. The number of hydrogen-bond donors (Lipinski definition) is 1. The Hall–Kier alpha value is -2.38. The van der Waals surface area contributed by atoms with Gasteiger partial charge in [-0.25, -0.2) is 8.42 Å². The molecule has 3 rings (SSSR count). The second-order valence-electron chi connectivity index (χ2n) is 8.74. The van der Waals surface area contributed by atoms with E-state index in [1.807, 2.05) is 58.0 Å². The van der Waals surface area contributed by atoms with Crippen molar-refractivity contribution in [1.29, 1.82) is 0 Å². The molecule has 1 aliphatic rings. The SMILES string of the molecule is COc1cccc(CNC(=O)[C@]2(C)CCCN(S(=O)(=O)c3cc(C)c(C)cc3C)C2)c1. The lowest BCUT2D eigenvalue weighted by atomic mass is 9.82. The Morgan fingerprint density at radius 1 is 1.13 bits per heavy atom.